The third-order valence-electron chi connectivity index (χ3n) is 2.40. The van der Waals surface area contributed by atoms with E-state index in [-0.39, 0.29) is 11.6 Å². The van der Waals surface area contributed by atoms with Crippen LogP contribution < -0.4 is 10.6 Å². The van der Waals surface area contributed by atoms with Gasteiger partial charge in [0.25, 0.3) is 0 Å². The fourth-order valence-electron chi connectivity index (χ4n) is 1.41. The first kappa shape index (κ1) is 16.7. The Morgan fingerprint density at radius 1 is 1.38 bits per heavy atom. The molecule has 7 nitrogen and oxygen atoms in total. The van der Waals surface area contributed by atoms with Gasteiger partial charge in [-0.15, -0.1) is 10.2 Å². The SMILES string of the molecule is CC(CNC(=O)OC(C)(C)C)CNc1ccc(C#N)nn1. The predicted octanol–water partition coefficient (Wildman–Crippen LogP) is 1.92. The Morgan fingerprint density at radius 2 is 2.10 bits per heavy atom. The highest BCUT2D eigenvalue weighted by Gasteiger charge is 2.16. The highest BCUT2D eigenvalue weighted by molar-refractivity contribution is 5.67. The Labute approximate surface area is 124 Å². The molecule has 1 amide bonds. The van der Waals surface area contributed by atoms with Crippen molar-refractivity contribution in [2.75, 3.05) is 18.4 Å². The van der Waals surface area contributed by atoms with Gasteiger partial charge in [0.2, 0.25) is 0 Å². The minimum absolute atomic E-state index is 0.190. The van der Waals surface area contributed by atoms with Gasteiger partial charge in [-0.3, -0.25) is 0 Å². The number of ether oxygens (including phenoxy) is 1. The standard InChI is InChI=1S/C14H21N5O2/c1-10(9-17-13(20)21-14(2,3)4)8-16-12-6-5-11(7-15)18-19-12/h5-6,10H,8-9H2,1-4H3,(H,16,19)(H,17,20). The molecule has 0 aromatic carbocycles. The third-order valence-corrected chi connectivity index (χ3v) is 2.40. The van der Waals surface area contributed by atoms with Crippen LogP contribution in [-0.2, 0) is 4.74 Å². The summed E-state index contributed by atoms with van der Waals surface area (Å²) in [5, 5.41) is 22.0. The zero-order valence-electron chi connectivity index (χ0n) is 12.8. The molecule has 1 atom stereocenters. The number of hydrogen-bond acceptors (Lipinski definition) is 6. The summed E-state index contributed by atoms with van der Waals surface area (Å²) < 4.78 is 5.15. The number of rotatable bonds is 5. The van der Waals surface area contributed by atoms with Crippen LogP contribution in [0.5, 0.6) is 0 Å². The molecule has 0 fully saturated rings. The van der Waals surface area contributed by atoms with Crippen molar-refractivity contribution < 1.29 is 9.53 Å². The number of carbonyl (C=O) groups excluding carboxylic acids is 1. The molecule has 0 saturated heterocycles. The van der Waals surface area contributed by atoms with E-state index in [4.69, 9.17) is 10.00 Å². The number of carbonyl (C=O) groups is 1. The lowest BCUT2D eigenvalue weighted by Crippen LogP contribution is -2.36. The first-order valence-electron chi connectivity index (χ1n) is 6.74. The normalized spacial score (nSPS) is 12.1. The fourth-order valence-corrected chi connectivity index (χ4v) is 1.41. The number of nitriles is 1. The summed E-state index contributed by atoms with van der Waals surface area (Å²) in [4.78, 5) is 11.5. The molecule has 1 aromatic heterocycles. The lowest BCUT2D eigenvalue weighted by Gasteiger charge is -2.21. The Morgan fingerprint density at radius 3 is 2.62 bits per heavy atom. The molecule has 114 valence electrons. The van der Waals surface area contributed by atoms with Crippen molar-refractivity contribution in [2.45, 2.75) is 33.3 Å². The van der Waals surface area contributed by atoms with Gasteiger partial charge in [-0.2, -0.15) is 5.26 Å². The van der Waals surface area contributed by atoms with Crippen LogP contribution in [0, 0.1) is 17.2 Å². The van der Waals surface area contributed by atoms with E-state index in [2.05, 4.69) is 20.8 Å². The van der Waals surface area contributed by atoms with E-state index in [1.807, 2.05) is 33.8 Å². The quantitative estimate of drug-likeness (QED) is 0.859. The van der Waals surface area contributed by atoms with Gasteiger partial charge in [0, 0.05) is 13.1 Å². The van der Waals surface area contributed by atoms with Crippen LogP contribution in [0.3, 0.4) is 0 Å². The van der Waals surface area contributed by atoms with Crippen LogP contribution in [0.4, 0.5) is 10.6 Å². The summed E-state index contributed by atoms with van der Waals surface area (Å²) in [6.07, 6.45) is -0.424. The summed E-state index contributed by atoms with van der Waals surface area (Å²) in [6.45, 7) is 8.56. The van der Waals surface area contributed by atoms with Gasteiger partial charge in [0.05, 0.1) is 0 Å². The summed E-state index contributed by atoms with van der Waals surface area (Å²) in [5.74, 6) is 0.785. The minimum atomic E-state index is -0.496. The first-order valence-corrected chi connectivity index (χ1v) is 6.74. The Balaban J connectivity index is 2.29. The molecule has 0 spiro atoms. The maximum atomic E-state index is 11.5. The number of anilines is 1. The molecule has 0 bridgehead atoms. The van der Waals surface area contributed by atoms with Gasteiger partial charge >= 0.3 is 6.09 Å². The van der Waals surface area contributed by atoms with E-state index in [0.29, 0.717) is 18.9 Å². The summed E-state index contributed by atoms with van der Waals surface area (Å²) >= 11 is 0. The number of nitrogens with zero attached hydrogens (tertiary/aromatic N) is 3. The smallest absolute Gasteiger partial charge is 0.407 e. The number of aromatic nitrogens is 2. The molecule has 0 aliphatic rings. The largest absolute Gasteiger partial charge is 0.444 e. The number of amides is 1. The molecule has 0 aliphatic carbocycles. The lowest BCUT2D eigenvalue weighted by molar-refractivity contribution is 0.0521. The Bertz CT molecular complexity index is 502. The molecule has 0 saturated carbocycles. The molecule has 1 rings (SSSR count). The molecule has 21 heavy (non-hydrogen) atoms. The van der Waals surface area contributed by atoms with Gasteiger partial charge in [-0.05, 0) is 38.8 Å². The van der Waals surface area contributed by atoms with Crippen LogP contribution >= 0.6 is 0 Å². The van der Waals surface area contributed by atoms with Gasteiger partial charge in [0.15, 0.2) is 5.69 Å². The number of alkyl carbamates (subject to hydrolysis) is 1. The highest BCUT2D eigenvalue weighted by atomic mass is 16.6. The Hall–Kier alpha value is -2.36. The average molecular weight is 291 g/mol. The van der Waals surface area contributed by atoms with E-state index in [1.54, 1.807) is 12.1 Å². The monoisotopic (exact) mass is 291 g/mol. The Kier molecular flexibility index (Phi) is 5.91. The van der Waals surface area contributed by atoms with Gasteiger partial charge in [0.1, 0.15) is 17.5 Å². The molecule has 7 heteroatoms. The molecular formula is C14H21N5O2. The third kappa shape index (κ3) is 7.11. The fraction of sp³-hybridized carbons (Fsp3) is 0.571. The number of hydrogen-bond donors (Lipinski definition) is 2. The molecular weight excluding hydrogens is 270 g/mol. The van der Waals surface area contributed by atoms with Crippen molar-refractivity contribution in [3.05, 3.63) is 17.8 Å². The van der Waals surface area contributed by atoms with Crippen molar-refractivity contribution in [3.8, 4) is 6.07 Å². The second-order valence-electron chi connectivity index (χ2n) is 5.78. The van der Waals surface area contributed by atoms with Crippen LogP contribution in [0.15, 0.2) is 12.1 Å². The van der Waals surface area contributed by atoms with Crippen molar-refractivity contribution in [1.29, 1.82) is 5.26 Å². The van der Waals surface area contributed by atoms with Gasteiger partial charge < -0.3 is 15.4 Å². The van der Waals surface area contributed by atoms with Gasteiger partial charge in [-0.1, -0.05) is 6.92 Å². The van der Waals surface area contributed by atoms with Crippen LogP contribution in [0.25, 0.3) is 0 Å². The van der Waals surface area contributed by atoms with Crippen LogP contribution in [-0.4, -0.2) is 35.0 Å². The molecule has 2 N–H and O–H groups in total. The highest BCUT2D eigenvalue weighted by Crippen LogP contribution is 2.07. The molecule has 1 heterocycles. The van der Waals surface area contributed by atoms with Crippen molar-refractivity contribution in [3.63, 3.8) is 0 Å². The van der Waals surface area contributed by atoms with Crippen molar-refractivity contribution in [1.82, 2.24) is 15.5 Å². The maximum Gasteiger partial charge on any atom is 0.407 e. The van der Waals surface area contributed by atoms with Crippen molar-refractivity contribution in [2.24, 2.45) is 5.92 Å². The zero-order chi connectivity index (χ0) is 15.9. The van der Waals surface area contributed by atoms with Crippen molar-refractivity contribution >= 4 is 11.9 Å². The van der Waals surface area contributed by atoms with E-state index in [0.717, 1.165) is 0 Å². The van der Waals surface area contributed by atoms with E-state index in [1.165, 1.54) is 0 Å². The summed E-state index contributed by atoms with van der Waals surface area (Å²) in [5.41, 5.74) is -0.218. The summed E-state index contributed by atoms with van der Waals surface area (Å²) in [6, 6.07) is 5.20. The number of nitrogens with one attached hydrogen (secondary N) is 2. The van der Waals surface area contributed by atoms with E-state index in [9.17, 15) is 4.79 Å². The minimum Gasteiger partial charge on any atom is -0.444 e. The average Bonchev–Trinajstić information content (AvgIpc) is 2.41. The van der Waals surface area contributed by atoms with Crippen LogP contribution in [0.1, 0.15) is 33.4 Å². The molecule has 0 radical (unpaired) electrons. The first-order chi connectivity index (χ1) is 9.80. The second kappa shape index (κ2) is 7.43. The molecule has 1 unspecified atom stereocenters. The van der Waals surface area contributed by atoms with E-state index >= 15 is 0 Å². The lowest BCUT2D eigenvalue weighted by atomic mass is 10.2. The molecule has 0 aliphatic heterocycles. The predicted molar refractivity (Wildman–Crippen MR) is 78.6 cm³/mol. The summed E-state index contributed by atoms with van der Waals surface area (Å²) in [7, 11) is 0. The molecule has 1 aromatic rings. The van der Waals surface area contributed by atoms with Gasteiger partial charge in [-0.25, -0.2) is 4.79 Å². The van der Waals surface area contributed by atoms with E-state index < -0.39 is 11.7 Å². The van der Waals surface area contributed by atoms with Crippen LogP contribution in [0.2, 0.25) is 0 Å². The maximum absolute atomic E-state index is 11.5. The second-order valence-corrected chi connectivity index (χ2v) is 5.78. The zero-order valence-corrected chi connectivity index (χ0v) is 12.8. The topological polar surface area (TPSA) is 99.9 Å².